The molecule has 0 bridgehead atoms. The van der Waals surface area contributed by atoms with Gasteiger partial charge in [0, 0.05) is 0 Å². The van der Waals surface area contributed by atoms with Gasteiger partial charge in [0.15, 0.2) is 0 Å². The van der Waals surface area contributed by atoms with E-state index >= 15 is 0 Å². The lowest BCUT2D eigenvalue weighted by atomic mass is 14.0. The predicted octanol–water partition coefficient (Wildman–Crippen LogP) is 0.0894. The van der Waals surface area contributed by atoms with Crippen molar-refractivity contribution >= 4 is 47.9 Å². The van der Waals surface area contributed by atoms with Crippen molar-refractivity contribution < 1.29 is 0 Å². The number of hydrogen-bond donors (Lipinski definition) is 1. The molecule has 0 aliphatic heterocycles. The monoisotopic (exact) mass is 115 g/mol. The maximum Gasteiger partial charge on any atom is 0.316 e. The van der Waals surface area contributed by atoms with E-state index in [0.717, 1.165) is 0 Å². The molecule has 0 saturated heterocycles. The van der Waals surface area contributed by atoms with Gasteiger partial charge in [-0.05, 0) is 0 Å². The van der Waals surface area contributed by atoms with Gasteiger partial charge in [0.1, 0.15) is 0 Å². The van der Waals surface area contributed by atoms with E-state index in [4.69, 9.17) is 0 Å². The van der Waals surface area contributed by atoms with Gasteiger partial charge in [0.2, 0.25) is 0 Å². The Morgan fingerprint density at radius 1 is 0.750 bits per heavy atom. The highest BCUT2D eigenvalue weighted by atomic mass is 35.5. The van der Waals surface area contributed by atoms with E-state index in [1.165, 1.54) is 0 Å². The standard InChI is InChI=1S/2ClH.Mg.H3N.2H/h2*1H;;1H3;;. The van der Waals surface area contributed by atoms with E-state index in [9.17, 15) is 0 Å². The Hall–Kier alpha value is 1.31. The Morgan fingerprint density at radius 2 is 0.750 bits per heavy atom. The molecule has 1 nitrogen and oxygen atoms in total. The topological polar surface area (TPSA) is 35.0 Å². The summed E-state index contributed by atoms with van der Waals surface area (Å²) in [4.78, 5) is 0. The molecule has 0 aromatic heterocycles. The van der Waals surface area contributed by atoms with Crippen LogP contribution in [0.2, 0.25) is 0 Å². The average Bonchev–Trinajstić information content (AvgIpc) is 0. The van der Waals surface area contributed by atoms with Gasteiger partial charge in [-0.15, -0.1) is 24.8 Å². The molecule has 0 aliphatic carbocycles. The fraction of sp³-hybridized carbons (Fsp3) is 0. The summed E-state index contributed by atoms with van der Waals surface area (Å²) in [6.07, 6.45) is 0. The minimum absolute atomic E-state index is 0. The van der Waals surface area contributed by atoms with E-state index in [1.54, 1.807) is 0 Å². The van der Waals surface area contributed by atoms with Crippen LogP contribution in [-0.2, 0) is 0 Å². The van der Waals surface area contributed by atoms with Crippen molar-refractivity contribution in [1.82, 2.24) is 6.15 Å². The lowest BCUT2D eigenvalue weighted by Crippen LogP contribution is -0.481. The van der Waals surface area contributed by atoms with Crippen molar-refractivity contribution in [3.05, 3.63) is 0 Å². The van der Waals surface area contributed by atoms with Gasteiger partial charge in [0.25, 0.3) is 0 Å². The second-order valence-electron chi connectivity index (χ2n) is 0. The first-order chi connectivity index (χ1) is 0. The Kier molecular flexibility index (Phi) is 398. The molecule has 3 N–H and O–H groups in total. The summed E-state index contributed by atoms with van der Waals surface area (Å²) in [6, 6.07) is 0. The molecule has 0 aromatic rings. The van der Waals surface area contributed by atoms with E-state index in [0.29, 0.717) is 0 Å². The second-order valence-corrected chi connectivity index (χ2v) is 0. The van der Waals surface area contributed by atoms with Gasteiger partial charge in [-0.1, -0.05) is 0 Å². The molecule has 0 heterocycles. The molecule has 0 spiro atoms. The number of hydrogen-bond acceptors (Lipinski definition) is 1. The fourth-order valence-corrected chi connectivity index (χ4v) is 0. The summed E-state index contributed by atoms with van der Waals surface area (Å²) in [5.41, 5.74) is 0. The third kappa shape index (κ3) is 10.3. The first kappa shape index (κ1) is 57.7. The van der Waals surface area contributed by atoms with Gasteiger partial charge in [-0.3, -0.25) is 0 Å². The molecule has 0 rings (SSSR count). The van der Waals surface area contributed by atoms with Crippen LogP contribution in [0.25, 0.3) is 0 Å². The molecule has 0 aliphatic rings. The predicted molar refractivity (Wildman–Crippen MR) is 28.1 cm³/mol. The van der Waals surface area contributed by atoms with Gasteiger partial charge in [-0.25, -0.2) is 0 Å². The SMILES string of the molecule is Cl.Cl.N.[MgH2]. The van der Waals surface area contributed by atoms with E-state index in [-0.39, 0.29) is 54.0 Å². The van der Waals surface area contributed by atoms with Crippen LogP contribution in [0.15, 0.2) is 0 Å². The second kappa shape index (κ2) is 27.6. The maximum absolute atomic E-state index is 0. The molecular formula is H7Cl2MgN. The molecule has 0 fully saturated rings. The van der Waals surface area contributed by atoms with Gasteiger partial charge < -0.3 is 6.15 Å². The van der Waals surface area contributed by atoms with E-state index < -0.39 is 0 Å². The molecule has 0 radical (unpaired) electrons. The van der Waals surface area contributed by atoms with Crippen LogP contribution in [0.4, 0.5) is 0 Å². The molecule has 0 amide bonds. The van der Waals surface area contributed by atoms with Crippen molar-refractivity contribution in [2.24, 2.45) is 0 Å². The Labute approximate surface area is 54.1 Å². The van der Waals surface area contributed by atoms with E-state index in [1.807, 2.05) is 0 Å². The van der Waals surface area contributed by atoms with Crippen molar-refractivity contribution in [3.8, 4) is 0 Å². The molecule has 0 aromatic carbocycles. The molecular weight excluding hydrogens is 109 g/mol. The quantitative estimate of drug-likeness (QED) is 0.447. The molecule has 4 heteroatoms. The third-order valence-electron chi connectivity index (χ3n) is 0. The van der Waals surface area contributed by atoms with Crippen molar-refractivity contribution in [1.29, 1.82) is 0 Å². The van der Waals surface area contributed by atoms with Gasteiger partial charge in [0.05, 0.1) is 0 Å². The summed E-state index contributed by atoms with van der Waals surface area (Å²) in [5.74, 6) is 0. The van der Waals surface area contributed by atoms with Crippen LogP contribution in [0.3, 0.4) is 0 Å². The van der Waals surface area contributed by atoms with Crippen molar-refractivity contribution in [3.63, 3.8) is 0 Å². The lowest BCUT2D eigenvalue weighted by molar-refractivity contribution is 2.13. The van der Waals surface area contributed by atoms with Crippen LogP contribution >= 0.6 is 24.8 Å². The highest BCUT2D eigenvalue weighted by molar-refractivity contribution is 5.85. The van der Waals surface area contributed by atoms with Crippen LogP contribution in [0.5, 0.6) is 0 Å². The van der Waals surface area contributed by atoms with E-state index in [2.05, 4.69) is 0 Å². The summed E-state index contributed by atoms with van der Waals surface area (Å²) < 4.78 is 0. The third-order valence-corrected chi connectivity index (χ3v) is 0. The highest BCUT2D eigenvalue weighted by Gasteiger charge is 0.316. The zero-order valence-corrected chi connectivity index (χ0v) is 3.16. The minimum Gasteiger partial charge on any atom is -0.344 e. The van der Waals surface area contributed by atoms with Crippen LogP contribution in [0, 0.1) is 0 Å². The summed E-state index contributed by atoms with van der Waals surface area (Å²) in [7, 11) is 0. The number of halogens is 2. The van der Waals surface area contributed by atoms with Crippen molar-refractivity contribution in [2.45, 2.75) is 0 Å². The maximum atomic E-state index is 0. The fourth-order valence-electron chi connectivity index (χ4n) is 0. The Balaban J connectivity index is 0. The minimum atomic E-state index is 0. The summed E-state index contributed by atoms with van der Waals surface area (Å²) >= 11 is 0. The highest BCUT2D eigenvalue weighted by Crippen LogP contribution is 0.691. The van der Waals surface area contributed by atoms with Gasteiger partial charge in [-0.2, -0.15) is 0 Å². The molecule has 0 atom stereocenters. The average molecular weight is 116 g/mol. The largest absolute Gasteiger partial charge is 0.344 e. The van der Waals surface area contributed by atoms with Crippen LogP contribution < -0.4 is 6.15 Å². The molecule has 4 heavy (non-hydrogen) atoms. The summed E-state index contributed by atoms with van der Waals surface area (Å²) in [5, 5.41) is 0. The zero-order valence-electron chi connectivity index (χ0n) is 1.52. The lowest BCUT2D eigenvalue weighted by Gasteiger charge is -0.344. The van der Waals surface area contributed by atoms with Crippen LogP contribution in [-0.4, -0.2) is 23.1 Å². The summed E-state index contributed by atoms with van der Waals surface area (Å²) in [6.45, 7) is 0. The Bertz CT molecular complexity index is 6.00. The van der Waals surface area contributed by atoms with Gasteiger partial charge >= 0.3 is 23.1 Å². The first-order valence-electron chi connectivity index (χ1n) is 0. The first-order valence-corrected chi connectivity index (χ1v) is 0. The Morgan fingerprint density at radius 3 is 0.750 bits per heavy atom. The molecule has 0 unspecified atom stereocenters. The molecule has 0 saturated carbocycles. The number of rotatable bonds is 0. The zero-order chi connectivity index (χ0) is 0. The normalized spacial score (nSPS) is 0. The van der Waals surface area contributed by atoms with Crippen molar-refractivity contribution in [2.75, 3.05) is 0 Å². The van der Waals surface area contributed by atoms with Crippen LogP contribution in [0.1, 0.15) is 0 Å². The molecule has 28 valence electrons. The smallest absolute Gasteiger partial charge is 0.316 e.